The lowest BCUT2D eigenvalue weighted by Crippen LogP contribution is -2.32. The molecule has 0 unspecified atom stereocenters. The summed E-state index contributed by atoms with van der Waals surface area (Å²) >= 11 is 1.01. The molecule has 4 aromatic rings. The number of hydrogen-bond acceptors (Lipinski definition) is 7. The van der Waals surface area contributed by atoms with Gasteiger partial charge in [-0.15, -0.1) is 0 Å². The van der Waals surface area contributed by atoms with Crippen molar-refractivity contribution >= 4 is 27.8 Å². The Morgan fingerprint density at radius 3 is 2.70 bits per heavy atom. The lowest BCUT2D eigenvalue weighted by atomic mass is 10.2. The Morgan fingerprint density at radius 2 is 1.93 bits per heavy atom. The van der Waals surface area contributed by atoms with Crippen LogP contribution in [0.5, 0.6) is 11.5 Å². The fourth-order valence-electron chi connectivity index (χ4n) is 2.83. The van der Waals surface area contributed by atoms with Gasteiger partial charge >= 0.3 is 6.03 Å². The number of amides is 1. The van der Waals surface area contributed by atoms with E-state index in [0.29, 0.717) is 28.3 Å². The van der Waals surface area contributed by atoms with Gasteiger partial charge < -0.3 is 14.8 Å². The number of rotatable bonds is 6. The summed E-state index contributed by atoms with van der Waals surface area (Å²) in [6.45, 7) is 0.617. The molecule has 30 heavy (non-hydrogen) atoms. The van der Waals surface area contributed by atoms with Crippen LogP contribution in [0.25, 0.3) is 10.2 Å². The van der Waals surface area contributed by atoms with Crippen LogP contribution in [0.2, 0.25) is 0 Å². The average Bonchev–Trinajstić information content (AvgIpc) is 3.13. The minimum Gasteiger partial charge on any atom is -0.493 e. The highest BCUT2D eigenvalue weighted by Gasteiger charge is 2.14. The van der Waals surface area contributed by atoms with E-state index >= 15 is 0 Å². The number of ether oxygens (including phenoxy) is 2. The van der Waals surface area contributed by atoms with Crippen molar-refractivity contribution < 1.29 is 14.3 Å². The Hall–Kier alpha value is -3.72. The highest BCUT2D eigenvalue weighted by atomic mass is 32.1. The summed E-state index contributed by atoms with van der Waals surface area (Å²) < 4.78 is 12.3. The van der Waals surface area contributed by atoms with Gasteiger partial charge in [0.2, 0.25) is 0 Å². The predicted octanol–water partition coefficient (Wildman–Crippen LogP) is 3.20. The maximum absolute atomic E-state index is 12.5. The second-order valence-electron chi connectivity index (χ2n) is 6.33. The molecule has 0 bridgehead atoms. The summed E-state index contributed by atoms with van der Waals surface area (Å²) in [6, 6.07) is 12.0. The number of fused-ring (bicyclic) bond motifs is 1. The number of carbonyl (C=O) groups is 1. The largest absolute Gasteiger partial charge is 0.493 e. The van der Waals surface area contributed by atoms with Gasteiger partial charge in [-0.25, -0.2) is 9.78 Å². The van der Waals surface area contributed by atoms with E-state index in [0.717, 1.165) is 26.6 Å². The summed E-state index contributed by atoms with van der Waals surface area (Å²) in [5.74, 6) is 1.15. The van der Waals surface area contributed by atoms with Gasteiger partial charge in [-0.3, -0.25) is 9.78 Å². The van der Waals surface area contributed by atoms with Gasteiger partial charge in [0.1, 0.15) is 11.4 Å². The average molecular weight is 422 g/mol. The molecule has 0 atom stereocenters. The van der Waals surface area contributed by atoms with Crippen LogP contribution in [0.4, 0.5) is 4.79 Å². The van der Waals surface area contributed by atoms with E-state index < -0.39 is 6.03 Å². The molecule has 4 rings (SSSR count). The highest BCUT2D eigenvalue weighted by Crippen LogP contribution is 2.28. The number of hydrogen-bond donors (Lipinski definition) is 1. The predicted molar refractivity (Wildman–Crippen MR) is 113 cm³/mol. The molecule has 3 aromatic heterocycles. The fraction of sp³-hybridized carbons (Fsp3) is 0.143. The molecule has 0 aliphatic heterocycles. The molecular formula is C21H18N4O4S. The topological polar surface area (TPSA) is 95.3 Å². The first-order chi connectivity index (χ1) is 14.7. The fourth-order valence-corrected chi connectivity index (χ4v) is 3.69. The summed E-state index contributed by atoms with van der Waals surface area (Å²) in [4.78, 5) is 33.4. The van der Waals surface area contributed by atoms with Gasteiger partial charge in [-0.2, -0.15) is 3.96 Å². The molecular weight excluding hydrogens is 404 g/mol. The zero-order valence-electron chi connectivity index (χ0n) is 16.1. The summed E-state index contributed by atoms with van der Waals surface area (Å²) in [7, 11) is 1.56. The van der Waals surface area contributed by atoms with Crippen LogP contribution >= 0.6 is 11.5 Å². The van der Waals surface area contributed by atoms with Crippen LogP contribution in [-0.2, 0) is 13.2 Å². The van der Waals surface area contributed by atoms with Gasteiger partial charge in [0, 0.05) is 25.1 Å². The van der Waals surface area contributed by atoms with Crippen LogP contribution in [-0.4, -0.2) is 27.1 Å². The maximum Gasteiger partial charge on any atom is 0.338 e. The minimum atomic E-state index is -0.500. The molecule has 0 aliphatic carbocycles. The number of methoxy groups -OCH3 is 1. The first-order valence-corrected chi connectivity index (χ1v) is 9.87. The van der Waals surface area contributed by atoms with Gasteiger partial charge in [0.05, 0.1) is 12.5 Å². The van der Waals surface area contributed by atoms with E-state index in [2.05, 4.69) is 15.3 Å². The second-order valence-corrected chi connectivity index (χ2v) is 7.27. The standard InChI is InChI=1S/C21H18N4O4S/c1-28-18-11-15(4-5-17(18)29-13-14-6-9-22-10-7-14)12-24-21(27)25-20(26)16-3-2-8-23-19(16)30-25/h2-11H,12-13H2,1H3,(H,24,27). The van der Waals surface area contributed by atoms with Crippen molar-refractivity contribution in [2.75, 3.05) is 7.11 Å². The van der Waals surface area contributed by atoms with Crippen molar-refractivity contribution in [3.63, 3.8) is 0 Å². The Morgan fingerprint density at radius 1 is 1.10 bits per heavy atom. The molecule has 0 aliphatic rings. The van der Waals surface area contributed by atoms with Crippen LogP contribution in [0, 0.1) is 0 Å². The molecule has 3 heterocycles. The van der Waals surface area contributed by atoms with Crippen molar-refractivity contribution in [1.82, 2.24) is 19.2 Å². The molecule has 0 saturated carbocycles. The lowest BCUT2D eigenvalue weighted by molar-refractivity contribution is 0.243. The molecule has 1 N–H and O–H groups in total. The SMILES string of the molecule is COc1cc(CNC(=O)n2sc3ncccc3c2=O)ccc1OCc1ccncc1. The van der Waals surface area contributed by atoms with E-state index in [1.54, 1.807) is 50.0 Å². The third-order valence-electron chi connectivity index (χ3n) is 4.36. The van der Waals surface area contributed by atoms with Crippen LogP contribution in [0.3, 0.4) is 0 Å². The number of benzene rings is 1. The molecule has 0 spiro atoms. The van der Waals surface area contributed by atoms with Crippen molar-refractivity contribution in [3.8, 4) is 11.5 Å². The third-order valence-corrected chi connectivity index (χ3v) is 5.38. The van der Waals surface area contributed by atoms with Crippen molar-refractivity contribution in [1.29, 1.82) is 0 Å². The first kappa shape index (κ1) is 19.6. The second kappa shape index (κ2) is 8.75. The summed E-state index contributed by atoms with van der Waals surface area (Å²) in [5, 5.41) is 3.17. The Kier molecular flexibility index (Phi) is 5.71. The lowest BCUT2D eigenvalue weighted by Gasteiger charge is -2.12. The van der Waals surface area contributed by atoms with E-state index in [-0.39, 0.29) is 12.1 Å². The van der Waals surface area contributed by atoms with Crippen LogP contribution < -0.4 is 20.3 Å². The quantitative estimate of drug-likeness (QED) is 0.513. The molecule has 0 saturated heterocycles. The normalized spacial score (nSPS) is 10.7. The number of aromatic nitrogens is 3. The Labute approximate surface area is 175 Å². The minimum absolute atomic E-state index is 0.230. The molecule has 0 fully saturated rings. The zero-order chi connectivity index (χ0) is 20.9. The van der Waals surface area contributed by atoms with E-state index in [1.807, 2.05) is 18.2 Å². The molecule has 0 radical (unpaired) electrons. The Bertz CT molecular complexity index is 1240. The third kappa shape index (κ3) is 4.15. The Balaban J connectivity index is 1.43. The molecule has 9 heteroatoms. The molecule has 1 amide bonds. The molecule has 1 aromatic carbocycles. The van der Waals surface area contributed by atoms with E-state index in [4.69, 9.17) is 9.47 Å². The van der Waals surface area contributed by atoms with Crippen LogP contribution in [0.1, 0.15) is 11.1 Å². The van der Waals surface area contributed by atoms with Crippen molar-refractivity contribution in [2.45, 2.75) is 13.2 Å². The van der Waals surface area contributed by atoms with Gasteiger partial charge in [0.15, 0.2) is 11.5 Å². The van der Waals surface area contributed by atoms with Crippen LogP contribution in [0.15, 0.2) is 65.8 Å². The van der Waals surface area contributed by atoms with Crippen molar-refractivity contribution in [2.24, 2.45) is 0 Å². The molecule has 8 nitrogen and oxygen atoms in total. The highest BCUT2D eigenvalue weighted by molar-refractivity contribution is 7.14. The summed E-state index contributed by atoms with van der Waals surface area (Å²) in [5.41, 5.74) is 1.42. The van der Waals surface area contributed by atoms with Crippen molar-refractivity contribution in [3.05, 3.63) is 82.5 Å². The summed E-state index contributed by atoms with van der Waals surface area (Å²) in [6.07, 6.45) is 5.00. The number of nitrogens with one attached hydrogen (secondary N) is 1. The first-order valence-electron chi connectivity index (χ1n) is 9.09. The monoisotopic (exact) mass is 422 g/mol. The zero-order valence-corrected chi connectivity index (χ0v) is 16.9. The smallest absolute Gasteiger partial charge is 0.338 e. The molecule has 152 valence electrons. The van der Waals surface area contributed by atoms with E-state index in [1.165, 1.54) is 0 Å². The number of nitrogens with zero attached hydrogens (tertiary/aromatic N) is 3. The van der Waals surface area contributed by atoms with Gasteiger partial charge in [-0.05, 0) is 59.1 Å². The maximum atomic E-state index is 12.5. The van der Waals surface area contributed by atoms with Gasteiger partial charge in [0.25, 0.3) is 5.56 Å². The van der Waals surface area contributed by atoms with Gasteiger partial charge in [-0.1, -0.05) is 6.07 Å². The number of carbonyl (C=O) groups excluding carboxylic acids is 1. The van der Waals surface area contributed by atoms with E-state index in [9.17, 15) is 9.59 Å². The number of pyridine rings is 2.